The van der Waals surface area contributed by atoms with Crippen molar-refractivity contribution in [2.24, 2.45) is 0 Å². The van der Waals surface area contributed by atoms with Gasteiger partial charge in [0.2, 0.25) is 0 Å². The quantitative estimate of drug-likeness (QED) is 0.847. The molecule has 0 saturated carbocycles. The van der Waals surface area contributed by atoms with Crippen molar-refractivity contribution in [2.75, 3.05) is 5.32 Å². The lowest BCUT2D eigenvalue weighted by atomic mass is 10.1. The molecule has 94 valence electrons. The molecule has 0 radical (unpaired) electrons. The van der Waals surface area contributed by atoms with Crippen LogP contribution in [0.25, 0.3) is 0 Å². The predicted octanol–water partition coefficient (Wildman–Crippen LogP) is 2.21. The number of carboxylic acids is 1. The highest BCUT2D eigenvalue weighted by Gasteiger charge is 2.08. The van der Waals surface area contributed by atoms with Gasteiger partial charge < -0.3 is 10.4 Å². The molecule has 0 amide bonds. The molecule has 0 aliphatic carbocycles. The van der Waals surface area contributed by atoms with Crippen LogP contribution >= 0.6 is 0 Å². The van der Waals surface area contributed by atoms with Gasteiger partial charge in [-0.3, -0.25) is 4.68 Å². The van der Waals surface area contributed by atoms with Crippen molar-refractivity contribution in [2.45, 2.75) is 20.0 Å². The second-order valence-electron chi connectivity index (χ2n) is 3.90. The van der Waals surface area contributed by atoms with E-state index in [1.54, 1.807) is 24.4 Å². The second-order valence-corrected chi connectivity index (χ2v) is 3.90. The summed E-state index contributed by atoms with van der Waals surface area (Å²) in [4.78, 5) is 11.0. The van der Waals surface area contributed by atoms with E-state index in [9.17, 15) is 4.79 Å². The lowest BCUT2D eigenvalue weighted by Crippen LogP contribution is -2.06. The number of hydrogen-bond acceptors (Lipinski definition) is 3. The molecule has 5 heteroatoms. The van der Waals surface area contributed by atoms with E-state index >= 15 is 0 Å². The van der Waals surface area contributed by atoms with Gasteiger partial charge in [-0.1, -0.05) is 18.2 Å². The fraction of sp³-hybridized carbons (Fsp3) is 0.231. The molecule has 18 heavy (non-hydrogen) atoms. The van der Waals surface area contributed by atoms with E-state index in [0.29, 0.717) is 12.1 Å². The van der Waals surface area contributed by atoms with Gasteiger partial charge in [0.05, 0.1) is 17.4 Å². The Morgan fingerprint density at radius 2 is 2.22 bits per heavy atom. The first-order chi connectivity index (χ1) is 8.70. The lowest BCUT2D eigenvalue weighted by molar-refractivity contribution is 0.0696. The molecule has 1 heterocycles. The van der Waals surface area contributed by atoms with Gasteiger partial charge in [0.15, 0.2) is 0 Å². The van der Waals surface area contributed by atoms with Crippen LogP contribution in [0.5, 0.6) is 0 Å². The maximum Gasteiger partial charge on any atom is 0.336 e. The minimum Gasteiger partial charge on any atom is -0.478 e. The van der Waals surface area contributed by atoms with Crippen molar-refractivity contribution in [3.05, 3.63) is 47.8 Å². The number of aromatic nitrogens is 2. The molecule has 0 aliphatic rings. The Labute approximate surface area is 105 Å². The first-order valence-corrected chi connectivity index (χ1v) is 5.78. The van der Waals surface area contributed by atoms with Gasteiger partial charge in [-0.15, -0.1) is 0 Å². The monoisotopic (exact) mass is 245 g/mol. The SMILES string of the molecule is CCn1cc(NCc2ccccc2C(=O)O)cn1. The molecule has 2 N–H and O–H groups in total. The van der Waals surface area contributed by atoms with Crippen LogP contribution in [0.4, 0.5) is 5.69 Å². The van der Waals surface area contributed by atoms with Crippen molar-refractivity contribution in [1.82, 2.24) is 9.78 Å². The van der Waals surface area contributed by atoms with E-state index in [4.69, 9.17) is 5.11 Å². The molecular formula is C13H15N3O2. The van der Waals surface area contributed by atoms with Crippen molar-refractivity contribution >= 4 is 11.7 Å². The van der Waals surface area contributed by atoms with Crippen molar-refractivity contribution in [3.8, 4) is 0 Å². The van der Waals surface area contributed by atoms with E-state index in [1.165, 1.54) is 0 Å². The Kier molecular flexibility index (Phi) is 3.62. The fourth-order valence-corrected chi connectivity index (χ4v) is 1.71. The van der Waals surface area contributed by atoms with Gasteiger partial charge in [0.1, 0.15) is 0 Å². The first kappa shape index (κ1) is 12.2. The number of benzene rings is 1. The van der Waals surface area contributed by atoms with Crippen LogP contribution in [0.1, 0.15) is 22.8 Å². The molecule has 0 aliphatic heterocycles. The van der Waals surface area contributed by atoms with Crippen LogP contribution in [0, 0.1) is 0 Å². The normalized spacial score (nSPS) is 10.3. The summed E-state index contributed by atoms with van der Waals surface area (Å²) in [6, 6.07) is 6.97. The topological polar surface area (TPSA) is 67.2 Å². The summed E-state index contributed by atoms with van der Waals surface area (Å²) in [6.45, 7) is 3.29. The number of nitrogens with one attached hydrogen (secondary N) is 1. The van der Waals surface area contributed by atoms with E-state index in [1.807, 2.05) is 23.9 Å². The summed E-state index contributed by atoms with van der Waals surface area (Å²) >= 11 is 0. The molecule has 1 aromatic carbocycles. The highest BCUT2D eigenvalue weighted by molar-refractivity contribution is 5.89. The average molecular weight is 245 g/mol. The minimum absolute atomic E-state index is 0.327. The van der Waals surface area contributed by atoms with E-state index in [2.05, 4.69) is 10.4 Å². The number of carboxylic acid groups (broad SMARTS) is 1. The minimum atomic E-state index is -0.906. The molecule has 0 fully saturated rings. The van der Waals surface area contributed by atoms with Crippen molar-refractivity contribution in [3.63, 3.8) is 0 Å². The second kappa shape index (κ2) is 5.35. The third kappa shape index (κ3) is 2.68. The number of hydrogen-bond donors (Lipinski definition) is 2. The first-order valence-electron chi connectivity index (χ1n) is 5.78. The van der Waals surface area contributed by atoms with Crippen LogP contribution in [0.2, 0.25) is 0 Å². The van der Waals surface area contributed by atoms with Crippen LogP contribution < -0.4 is 5.32 Å². The van der Waals surface area contributed by atoms with E-state index in [0.717, 1.165) is 17.8 Å². The molecule has 2 rings (SSSR count). The Bertz CT molecular complexity index is 549. The van der Waals surface area contributed by atoms with Crippen LogP contribution in [-0.2, 0) is 13.1 Å². The molecule has 0 spiro atoms. The van der Waals surface area contributed by atoms with E-state index in [-0.39, 0.29) is 0 Å². The molecule has 0 atom stereocenters. The molecule has 2 aromatic rings. The zero-order chi connectivity index (χ0) is 13.0. The lowest BCUT2D eigenvalue weighted by Gasteiger charge is -2.06. The summed E-state index contributed by atoms with van der Waals surface area (Å²) in [5, 5.41) is 16.4. The standard InChI is InChI=1S/C13H15N3O2/c1-2-16-9-11(8-15-16)14-7-10-5-3-4-6-12(10)13(17)18/h3-6,8-9,14H,2,7H2,1H3,(H,17,18). The third-order valence-corrected chi connectivity index (χ3v) is 2.69. The van der Waals surface area contributed by atoms with Gasteiger partial charge in [0, 0.05) is 19.3 Å². The van der Waals surface area contributed by atoms with Crippen LogP contribution in [0.15, 0.2) is 36.7 Å². The molecular weight excluding hydrogens is 230 g/mol. The van der Waals surface area contributed by atoms with Gasteiger partial charge in [-0.2, -0.15) is 5.10 Å². The Morgan fingerprint density at radius 1 is 1.44 bits per heavy atom. The Morgan fingerprint density at radius 3 is 2.89 bits per heavy atom. The molecule has 1 aromatic heterocycles. The van der Waals surface area contributed by atoms with Crippen LogP contribution in [0.3, 0.4) is 0 Å². The largest absolute Gasteiger partial charge is 0.478 e. The predicted molar refractivity (Wildman–Crippen MR) is 68.6 cm³/mol. The zero-order valence-corrected chi connectivity index (χ0v) is 10.1. The number of aryl methyl sites for hydroxylation is 1. The maximum absolute atomic E-state index is 11.0. The molecule has 0 saturated heterocycles. The highest BCUT2D eigenvalue weighted by atomic mass is 16.4. The van der Waals surface area contributed by atoms with Crippen molar-refractivity contribution in [1.29, 1.82) is 0 Å². The summed E-state index contributed by atoms with van der Waals surface area (Å²) in [5.74, 6) is -0.906. The number of rotatable bonds is 5. The Balaban J connectivity index is 2.08. The number of anilines is 1. The molecule has 0 bridgehead atoms. The van der Waals surface area contributed by atoms with Gasteiger partial charge in [-0.05, 0) is 18.6 Å². The smallest absolute Gasteiger partial charge is 0.336 e. The summed E-state index contributed by atoms with van der Waals surface area (Å²) in [7, 11) is 0. The van der Waals surface area contributed by atoms with E-state index < -0.39 is 5.97 Å². The van der Waals surface area contributed by atoms with Crippen LogP contribution in [-0.4, -0.2) is 20.9 Å². The summed E-state index contributed by atoms with van der Waals surface area (Å²) in [6.07, 6.45) is 3.62. The maximum atomic E-state index is 11.0. The zero-order valence-electron chi connectivity index (χ0n) is 10.1. The van der Waals surface area contributed by atoms with Gasteiger partial charge >= 0.3 is 5.97 Å². The number of nitrogens with zero attached hydrogens (tertiary/aromatic N) is 2. The summed E-state index contributed by atoms with van der Waals surface area (Å²) < 4.78 is 1.81. The third-order valence-electron chi connectivity index (χ3n) is 2.69. The average Bonchev–Trinajstić information content (AvgIpc) is 2.84. The van der Waals surface area contributed by atoms with Crippen molar-refractivity contribution < 1.29 is 9.90 Å². The highest BCUT2D eigenvalue weighted by Crippen LogP contribution is 2.12. The van der Waals surface area contributed by atoms with Gasteiger partial charge in [-0.25, -0.2) is 4.79 Å². The molecule has 5 nitrogen and oxygen atoms in total. The fourth-order valence-electron chi connectivity index (χ4n) is 1.71. The number of carbonyl (C=O) groups is 1. The molecule has 0 unspecified atom stereocenters. The van der Waals surface area contributed by atoms with Gasteiger partial charge in [0.25, 0.3) is 0 Å². The Hall–Kier alpha value is -2.30. The number of aromatic carboxylic acids is 1. The summed E-state index contributed by atoms with van der Waals surface area (Å²) in [5.41, 5.74) is 1.97.